The number of thiophene rings is 2. The van der Waals surface area contributed by atoms with E-state index in [4.69, 9.17) is 17.3 Å². The molecule has 2 N–H and O–H groups in total. The van der Waals surface area contributed by atoms with Crippen LogP contribution in [0.4, 0.5) is 0 Å². The Bertz CT molecular complexity index is 697. The molecule has 100 valence electrons. The minimum Gasteiger partial charge on any atom is -0.323 e. The third kappa shape index (κ3) is 2.31. The highest BCUT2D eigenvalue weighted by molar-refractivity contribution is 7.26. The van der Waals surface area contributed by atoms with Crippen LogP contribution in [-0.4, -0.2) is 9.78 Å². The molecule has 0 fully saturated rings. The van der Waals surface area contributed by atoms with Gasteiger partial charge < -0.3 is 5.73 Å². The Hall–Kier alpha value is -0.880. The molecule has 0 aliphatic rings. The maximum absolute atomic E-state index is 6.32. The van der Waals surface area contributed by atoms with Gasteiger partial charge in [0.15, 0.2) is 0 Å². The van der Waals surface area contributed by atoms with Crippen molar-refractivity contribution >= 4 is 43.7 Å². The molecule has 3 heterocycles. The largest absolute Gasteiger partial charge is 0.323 e. The van der Waals surface area contributed by atoms with Crippen LogP contribution in [0.2, 0.25) is 5.15 Å². The van der Waals surface area contributed by atoms with Gasteiger partial charge in [0.25, 0.3) is 0 Å². The Morgan fingerprint density at radius 3 is 2.89 bits per heavy atom. The molecule has 6 heteroatoms. The number of halogens is 1. The Kier molecular flexibility index (Phi) is 3.39. The van der Waals surface area contributed by atoms with Gasteiger partial charge in [-0.05, 0) is 30.9 Å². The monoisotopic (exact) mass is 311 g/mol. The van der Waals surface area contributed by atoms with Crippen molar-refractivity contribution in [3.05, 3.63) is 38.8 Å². The summed E-state index contributed by atoms with van der Waals surface area (Å²) in [5.74, 6) is 0. The summed E-state index contributed by atoms with van der Waals surface area (Å²) in [6, 6.07) is 4.31. The molecule has 0 saturated heterocycles. The molecule has 19 heavy (non-hydrogen) atoms. The SMILES string of the molecule is Cc1nn(C)c(Cl)c1CC(N)c1cc2sccc2s1. The molecular weight excluding hydrogens is 298 g/mol. The summed E-state index contributed by atoms with van der Waals surface area (Å²) in [5, 5.41) is 7.12. The van der Waals surface area contributed by atoms with Crippen molar-refractivity contribution in [3.63, 3.8) is 0 Å². The summed E-state index contributed by atoms with van der Waals surface area (Å²) in [4.78, 5) is 1.21. The summed E-state index contributed by atoms with van der Waals surface area (Å²) < 4.78 is 4.32. The molecule has 3 nitrogen and oxygen atoms in total. The Morgan fingerprint density at radius 1 is 1.47 bits per heavy atom. The predicted molar refractivity (Wildman–Crippen MR) is 83.3 cm³/mol. The number of nitrogens with zero attached hydrogens (tertiary/aromatic N) is 2. The molecule has 1 unspecified atom stereocenters. The Balaban J connectivity index is 1.88. The number of rotatable bonds is 3. The number of aromatic nitrogens is 2. The van der Waals surface area contributed by atoms with Crippen molar-refractivity contribution in [2.24, 2.45) is 12.8 Å². The number of fused-ring (bicyclic) bond motifs is 1. The van der Waals surface area contributed by atoms with Crippen LogP contribution >= 0.6 is 34.3 Å². The summed E-state index contributed by atoms with van der Waals surface area (Å²) >= 11 is 9.77. The van der Waals surface area contributed by atoms with Gasteiger partial charge in [0.1, 0.15) is 5.15 Å². The quantitative estimate of drug-likeness (QED) is 0.797. The second-order valence-corrected chi connectivity index (χ2v) is 7.01. The number of hydrogen-bond acceptors (Lipinski definition) is 4. The van der Waals surface area contributed by atoms with E-state index in [0.717, 1.165) is 17.7 Å². The molecule has 0 amide bonds. The highest BCUT2D eigenvalue weighted by Crippen LogP contribution is 2.34. The zero-order valence-electron chi connectivity index (χ0n) is 10.7. The number of aryl methyl sites for hydroxylation is 2. The van der Waals surface area contributed by atoms with Crippen LogP contribution in [-0.2, 0) is 13.5 Å². The van der Waals surface area contributed by atoms with Gasteiger partial charge in [-0.3, -0.25) is 4.68 Å². The van der Waals surface area contributed by atoms with Gasteiger partial charge in [0, 0.05) is 32.9 Å². The lowest BCUT2D eigenvalue weighted by molar-refractivity contribution is 0.732. The lowest BCUT2D eigenvalue weighted by atomic mass is 10.1. The first-order valence-corrected chi connectivity index (χ1v) is 8.04. The summed E-state index contributed by atoms with van der Waals surface area (Å²) in [7, 11) is 1.85. The van der Waals surface area contributed by atoms with Crippen LogP contribution in [0.25, 0.3) is 9.40 Å². The van der Waals surface area contributed by atoms with Crippen molar-refractivity contribution in [3.8, 4) is 0 Å². The van der Waals surface area contributed by atoms with Crippen LogP contribution < -0.4 is 5.73 Å². The van der Waals surface area contributed by atoms with Crippen molar-refractivity contribution in [2.75, 3.05) is 0 Å². The lowest BCUT2D eigenvalue weighted by Crippen LogP contribution is -2.12. The second-order valence-electron chi connectivity index (χ2n) is 4.59. The minimum absolute atomic E-state index is 0.0231. The van der Waals surface area contributed by atoms with Crippen molar-refractivity contribution in [2.45, 2.75) is 19.4 Å². The maximum Gasteiger partial charge on any atom is 0.130 e. The van der Waals surface area contributed by atoms with Crippen molar-refractivity contribution < 1.29 is 0 Å². The van der Waals surface area contributed by atoms with Gasteiger partial charge in [-0.1, -0.05) is 11.6 Å². The molecule has 0 bridgehead atoms. The molecule has 3 aromatic heterocycles. The molecule has 1 atom stereocenters. The van der Waals surface area contributed by atoms with Crippen LogP contribution in [0.5, 0.6) is 0 Å². The maximum atomic E-state index is 6.32. The molecule has 0 spiro atoms. The predicted octanol–water partition coefficient (Wildman–Crippen LogP) is 3.90. The summed E-state index contributed by atoms with van der Waals surface area (Å²) in [6.07, 6.45) is 0.728. The van der Waals surface area contributed by atoms with E-state index in [1.807, 2.05) is 14.0 Å². The van der Waals surface area contributed by atoms with Crippen molar-refractivity contribution in [1.29, 1.82) is 0 Å². The molecule has 3 aromatic rings. The topological polar surface area (TPSA) is 43.8 Å². The molecule has 0 aliphatic carbocycles. The molecule has 0 radical (unpaired) electrons. The minimum atomic E-state index is -0.0231. The van der Waals surface area contributed by atoms with Gasteiger partial charge >= 0.3 is 0 Å². The first kappa shape index (κ1) is 13.1. The normalized spacial score (nSPS) is 13.3. The second kappa shape index (κ2) is 4.90. The average molecular weight is 312 g/mol. The van der Waals surface area contributed by atoms with Crippen molar-refractivity contribution in [1.82, 2.24) is 9.78 Å². The molecule has 0 aromatic carbocycles. The number of nitrogens with two attached hydrogens (primary N) is 1. The summed E-state index contributed by atoms with van der Waals surface area (Å²) in [6.45, 7) is 1.97. The summed E-state index contributed by atoms with van der Waals surface area (Å²) in [5.41, 5.74) is 8.33. The van der Waals surface area contributed by atoms with Crippen LogP contribution in [0.1, 0.15) is 22.2 Å². The third-order valence-corrected chi connectivity index (χ3v) is 5.92. The smallest absolute Gasteiger partial charge is 0.130 e. The fourth-order valence-electron chi connectivity index (χ4n) is 2.19. The van der Waals surface area contributed by atoms with Gasteiger partial charge in [-0.25, -0.2) is 0 Å². The van der Waals surface area contributed by atoms with E-state index in [0.29, 0.717) is 5.15 Å². The average Bonchev–Trinajstić information content (AvgIpc) is 2.99. The standard InChI is InChI=1S/C13H14ClN3S2/c1-7-8(13(14)17(2)16-7)5-9(15)11-6-12-10(19-11)3-4-18-12/h3-4,6,9H,5,15H2,1-2H3. The van der Waals surface area contributed by atoms with E-state index in [1.54, 1.807) is 27.4 Å². The highest BCUT2D eigenvalue weighted by Gasteiger charge is 2.17. The first-order valence-electron chi connectivity index (χ1n) is 5.96. The lowest BCUT2D eigenvalue weighted by Gasteiger charge is -2.09. The first-order chi connectivity index (χ1) is 9.06. The molecule has 3 rings (SSSR count). The van der Waals surface area contributed by atoms with E-state index in [9.17, 15) is 0 Å². The van der Waals surface area contributed by atoms with E-state index < -0.39 is 0 Å². The van der Waals surface area contributed by atoms with Gasteiger partial charge in [-0.15, -0.1) is 22.7 Å². The van der Waals surface area contributed by atoms with Gasteiger partial charge in [0.05, 0.1) is 5.69 Å². The number of hydrogen-bond donors (Lipinski definition) is 1. The fraction of sp³-hybridized carbons (Fsp3) is 0.308. The zero-order chi connectivity index (χ0) is 13.6. The Morgan fingerprint density at radius 2 is 2.26 bits per heavy atom. The highest BCUT2D eigenvalue weighted by atomic mass is 35.5. The third-order valence-electron chi connectivity index (χ3n) is 3.22. The fourth-order valence-corrected chi connectivity index (χ4v) is 4.57. The Labute approximate surface area is 124 Å². The van der Waals surface area contributed by atoms with E-state index >= 15 is 0 Å². The molecular formula is C13H14ClN3S2. The van der Waals surface area contributed by atoms with Gasteiger partial charge in [0.2, 0.25) is 0 Å². The van der Waals surface area contributed by atoms with Crippen LogP contribution in [0.3, 0.4) is 0 Å². The molecule has 0 saturated carbocycles. The zero-order valence-corrected chi connectivity index (χ0v) is 13.1. The van der Waals surface area contributed by atoms with Crippen LogP contribution in [0, 0.1) is 6.92 Å². The van der Waals surface area contributed by atoms with Gasteiger partial charge in [-0.2, -0.15) is 5.10 Å². The van der Waals surface area contributed by atoms with E-state index in [-0.39, 0.29) is 6.04 Å². The molecule has 0 aliphatic heterocycles. The van der Waals surface area contributed by atoms with Crippen LogP contribution in [0.15, 0.2) is 17.5 Å². The van der Waals surface area contributed by atoms with E-state index in [1.165, 1.54) is 14.3 Å². The van der Waals surface area contributed by atoms with E-state index in [2.05, 4.69) is 22.6 Å².